The number of esters is 1. The van der Waals surface area contributed by atoms with E-state index in [1.165, 1.54) is 39.0 Å². The zero-order valence-electron chi connectivity index (χ0n) is 24.7. The summed E-state index contributed by atoms with van der Waals surface area (Å²) >= 11 is 0. The molecule has 0 aliphatic heterocycles. The molecule has 0 radical (unpaired) electrons. The highest BCUT2D eigenvalue weighted by Crippen LogP contribution is 2.25. The normalized spacial score (nSPS) is 12.0. The van der Waals surface area contributed by atoms with Crippen LogP contribution in [0.2, 0.25) is 0 Å². The number of carboxylic acid groups (broad SMARTS) is 1. The number of rotatable bonds is 16. The van der Waals surface area contributed by atoms with Crippen molar-refractivity contribution >= 4 is 11.9 Å². The third-order valence-electron chi connectivity index (χ3n) is 6.72. The number of benzene rings is 3. The van der Waals surface area contributed by atoms with Gasteiger partial charge in [-0.05, 0) is 73.7 Å². The molecule has 0 amide bonds. The molecule has 0 heterocycles. The molecule has 0 aromatic heterocycles. The van der Waals surface area contributed by atoms with E-state index in [2.05, 4.69) is 6.92 Å². The van der Waals surface area contributed by atoms with E-state index < -0.39 is 17.6 Å². The van der Waals surface area contributed by atoms with Crippen LogP contribution in [0.1, 0.15) is 95.3 Å². The second-order valence-corrected chi connectivity index (χ2v) is 10.4. The summed E-state index contributed by atoms with van der Waals surface area (Å²) in [5.41, 5.74) is 0.464. The number of carbonyl (C=O) groups excluding carboxylic acids is 1. The minimum absolute atomic E-state index is 0.196. The lowest BCUT2D eigenvalue weighted by Crippen LogP contribution is -2.34. The number of unbranched alkanes of at least 4 members (excludes halogenated alkanes) is 7. The number of carboxylic acids is 1. The Hall–Kier alpha value is -3.67. The van der Waals surface area contributed by atoms with Gasteiger partial charge in [-0.15, -0.1) is 0 Å². The van der Waals surface area contributed by atoms with Gasteiger partial charge in [0, 0.05) is 0 Å². The van der Waals surface area contributed by atoms with Gasteiger partial charge >= 0.3 is 11.9 Å². The molecule has 0 bridgehead atoms. The SMILES string of the molecule is CCCCCC(C)(F)C(=O)Oc1ccc(-c2ccccc2)cc1.CCCCCCCCOc1ccc(C(=O)O)cc1. The Morgan fingerprint density at radius 3 is 1.85 bits per heavy atom. The fraction of sp³-hybridized carbons (Fsp3) is 0.429. The summed E-state index contributed by atoms with van der Waals surface area (Å²) in [5.74, 6) is -0.610. The lowest BCUT2D eigenvalue weighted by atomic mass is 10.0. The first kappa shape index (κ1) is 33.5. The van der Waals surface area contributed by atoms with E-state index in [-0.39, 0.29) is 6.42 Å². The van der Waals surface area contributed by atoms with Gasteiger partial charge < -0.3 is 14.6 Å². The van der Waals surface area contributed by atoms with Gasteiger partial charge in [0.1, 0.15) is 11.5 Å². The maximum absolute atomic E-state index is 14.4. The number of hydrogen-bond acceptors (Lipinski definition) is 4. The summed E-state index contributed by atoms with van der Waals surface area (Å²) in [6, 6.07) is 23.6. The van der Waals surface area contributed by atoms with Crippen LogP contribution in [-0.2, 0) is 4.79 Å². The first-order valence-corrected chi connectivity index (χ1v) is 14.8. The van der Waals surface area contributed by atoms with Crippen LogP contribution < -0.4 is 9.47 Å². The third-order valence-corrected chi connectivity index (χ3v) is 6.72. The molecule has 0 saturated carbocycles. The van der Waals surface area contributed by atoms with Crippen molar-refractivity contribution in [2.45, 2.75) is 90.6 Å². The summed E-state index contributed by atoms with van der Waals surface area (Å²) in [6.45, 7) is 6.26. The maximum Gasteiger partial charge on any atom is 0.348 e. The van der Waals surface area contributed by atoms with Gasteiger partial charge in [0.25, 0.3) is 0 Å². The summed E-state index contributed by atoms with van der Waals surface area (Å²) in [5, 5.41) is 8.75. The van der Waals surface area contributed by atoms with Crippen LogP contribution in [0.25, 0.3) is 11.1 Å². The molecule has 0 aliphatic carbocycles. The molecule has 0 fully saturated rings. The van der Waals surface area contributed by atoms with Gasteiger partial charge in [0.2, 0.25) is 5.67 Å². The molecule has 1 unspecified atom stereocenters. The average Bonchev–Trinajstić information content (AvgIpc) is 2.98. The fourth-order valence-electron chi connectivity index (χ4n) is 4.13. The van der Waals surface area contributed by atoms with Crippen molar-refractivity contribution in [2.75, 3.05) is 6.61 Å². The van der Waals surface area contributed by atoms with Gasteiger partial charge in [-0.1, -0.05) is 101 Å². The third kappa shape index (κ3) is 13.0. The van der Waals surface area contributed by atoms with Gasteiger partial charge in [-0.2, -0.15) is 0 Å². The van der Waals surface area contributed by atoms with Crippen LogP contribution >= 0.6 is 0 Å². The average molecular weight is 565 g/mol. The molecule has 41 heavy (non-hydrogen) atoms. The Morgan fingerprint density at radius 1 is 0.707 bits per heavy atom. The van der Waals surface area contributed by atoms with Crippen molar-refractivity contribution in [3.8, 4) is 22.6 Å². The monoisotopic (exact) mass is 564 g/mol. The molecule has 5 nitrogen and oxygen atoms in total. The van der Waals surface area contributed by atoms with E-state index in [0.717, 1.165) is 36.1 Å². The first-order valence-electron chi connectivity index (χ1n) is 14.8. The lowest BCUT2D eigenvalue weighted by molar-refractivity contribution is -0.147. The second kappa shape index (κ2) is 18.6. The molecular weight excluding hydrogens is 519 g/mol. The van der Waals surface area contributed by atoms with E-state index in [4.69, 9.17) is 14.6 Å². The molecule has 3 rings (SSSR count). The molecule has 3 aromatic carbocycles. The summed E-state index contributed by atoms with van der Waals surface area (Å²) in [6.07, 6.45) is 10.2. The Labute approximate surface area is 244 Å². The minimum Gasteiger partial charge on any atom is -0.494 e. The molecule has 222 valence electrons. The Bertz CT molecular complexity index is 1140. The Morgan fingerprint density at radius 2 is 1.24 bits per heavy atom. The van der Waals surface area contributed by atoms with E-state index in [1.807, 2.05) is 49.4 Å². The predicted molar refractivity (Wildman–Crippen MR) is 163 cm³/mol. The van der Waals surface area contributed by atoms with Crippen LogP contribution in [0.15, 0.2) is 78.9 Å². The van der Waals surface area contributed by atoms with Crippen molar-refractivity contribution in [1.29, 1.82) is 0 Å². The quantitative estimate of drug-likeness (QED) is 0.106. The smallest absolute Gasteiger partial charge is 0.348 e. The zero-order valence-corrected chi connectivity index (χ0v) is 24.7. The van der Waals surface area contributed by atoms with Crippen molar-refractivity contribution in [2.24, 2.45) is 0 Å². The van der Waals surface area contributed by atoms with Crippen LogP contribution in [0.4, 0.5) is 4.39 Å². The fourth-order valence-corrected chi connectivity index (χ4v) is 4.13. The molecule has 1 N–H and O–H groups in total. The maximum atomic E-state index is 14.4. The minimum atomic E-state index is -1.94. The molecule has 6 heteroatoms. The number of carbonyl (C=O) groups is 2. The Balaban J connectivity index is 0.000000296. The van der Waals surface area contributed by atoms with E-state index in [1.54, 1.807) is 36.4 Å². The van der Waals surface area contributed by atoms with Crippen molar-refractivity contribution in [3.05, 3.63) is 84.4 Å². The topological polar surface area (TPSA) is 72.8 Å². The number of halogens is 1. The molecule has 1 atom stereocenters. The van der Waals surface area contributed by atoms with Gasteiger partial charge in [0.15, 0.2) is 0 Å². The molecule has 0 aliphatic rings. The first-order chi connectivity index (χ1) is 19.8. The molecule has 0 spiro atoms. The number of ether oxygens (including phenoxy) is 2. The van der Waals surface area contributed by atoms with Crippen LogP contribution in [0, 0.1) is 0 Å². The van der Waals surface area contributed by atoms with Crippen LogP contribution in [0.5, 0.6) is 11.5 Å². The zero-order chi connectivity index (χ0) is 29.9. The molecule has 3 aromatic rings. The van der Waals surface area contributed by atoms with E-state index >= 15 is 0 Å². The predicted octanol–water partition coefficient (Wildman–Crippen LogP) is 9.69. The van der Waals surface area contributed by atoms with Crippen LogP contribution in [0.3, 0.4) is 0 Å². The Kier molecular flexibility index (Phi) is 15.2. The number of aromatic carboxylic acids is 1. The van der Waals surface area contributed by atoms with Crippen molar-refractivity contribution in [3.63, 3.8) is 0 Å². The highest BCUT2D eigenvalue weighted by Gasteiger charge is 2.34. The van der Waals surface area contributed by atoms with Gasteiger partial charge in [0.05, 0.1) is 12.2 Å². The van der Waals surface area contributed by atoms with Gasteiger partial charge in [-0.3, -0.25) is 0 Å². The largest absolute Gasteiger partial charge is 0.494 e. The van der Waals surface area contributed by atoms with Crippen LogP contribution in [-0.4, -0.2) is 29.3 Å². The lowest BCUT2D eigenvalue weighted by Gasteiger charge is -2.18. The highest BCUT2D eigenvalue weighted by molar-refractivity contribution is 5.87. The standard InChI is InChI=1S/C20H23FO2.C15H22O3/c1-3-4-8-15-20(2,21)19(22)23-18-13-11-17(12-14-18)16-9-6-5-7-10-16;1-2-3-4-5-6-7-12-18-14-10-8-13(9-11-14)15(16)17/h5-7,9-14H,3-4,8,15H2,1-2H3;8-11H,2-7,12H2,1H3,(H,16,17). The number of hydrogen-bond donors (Lipinski definition) is 1. The number of alkyl halides is 1. The van der Waals surface area contributed by atoms with E-state index in [9.17, 15) is 14.0 Å². The molecule has 0 saturated heterocycles. The summed E-state index contributed by atoms with van der Waals surface area (Å²) < 4.78 is 25.1. The van der Waals surface area contributed by atoms with Gasteiger partial charge in [-0.25, -0.2) is 14.0 Å². The summed E-state index contributed by atoms with van der Waals surface area (Å²) in [7, 11) is 0. The highest BCUT2D eigenvalue weighted by atomic mass is 19.1. The van der Waals surface area contributed by atoms with Crippen molar-refractivity contribution < 1.29 is 28.6 Å². The van der Waals surface area contributed by atoms with Crippen molar-refractivity contribution in [1.82, 2.24) is 0 Å². The summed E-state index contributed by atoms with van der Waals surface area (Å²) in [4.78, 5) is 22.6. The second-order valence-electron chi connectivity index (χ2n) is 10.4. The van der Waals surface area contributed by atoms with E-state index in [0.29, 0.717) is 24.3 Å². The molecular formula is C35H45FO5.